The van der Waals surface area contributed by atoms with E-state index in [1.165, 1.54) is 0 Å². The normalized spacial score (nSPS) is 10.2. The minimum atomic E-state index is -0.827. The van der Waals surface area contributed by atoms with Crippen molar-refractivity contribution in [1.82, 2.24) is 9.97 Å². The summed E-state index contributed by atoms with van der Waals surface area (Å²) in [6.07, 6.45) is 1.00. The van der Waals surface area contributed by atoms with E-state index < -0.39 is 22.2 Å². The number of nitro groups is 1. The van der Waals surface area contributed by atoms with Crippen LogP contribution in [-0.2, 0) is 0 Å². The van der Waals surface area contributed by atoms with Gasteiger partial charge in [0.15, 0.2) is 0 Å². The van der Waals surface area contributed by atoms with Crippen molar-refractivity contribution in [2.24, 2.45) is 0 Å². The quantitative estimate of drug-likeness (QED) is 0.650. The number of rotatable bonds is 3. The lowest BCUT2D eigenvalue weighted by atomic mass is 10.3. The molecule has 7 nitrogen and oxygen atoms in total. The molecular formula is C10H7F2N5O2. The minimum absolute atomic E-state index is 0.0290. The number of halogens is 2. The first kappa shape index (κ1) is 12.6. The van der Waals surface area contributed by atoms with Crippen molar-refractivity contribution in [3.05, 3.63) is 46.3 Å². The van der Waals surface area contributed by atoms with Crippen molar-refractivity contribution in [1.29, 1.82) is 0 Å². The number of hydrogen-bond acceptors (Lipinski definition) is 6. The van der Waals surface area contributed by atoms with Crippen LogP contribution in [0.1, 0.15) is 0 Å². The van der Waals surface area contributed by atoms with Crippen molar-refractivity contribution < 1.29 is 13.7 Å². The molecule has 0 spiro atoms. The number of nitrogen functional groups attached to an aromatic ring is 1. The van der Waals surface area contributed by atoms with Gasteiger partial charge in [-0.05, 0) is 12.1 Å². The fourth-order valence-electron chi connectivity index (χ4n) is 1.43. The van der Waals surface area contributed by atoms with Gasteiger partial charge in [0.2, 0.25) is 11.6 Å². The van der Waals surface area contributed by atoms with Gasteiger partial charge in [0.05, 0.1) is 4.92 Å². The highest BCUT2D eigenvalue weighted by Gasteiger charge is 2.21. The van der Waals surface area contributed by atoms with Crippen LogP contribution >= 0.6 is 0 Å². The maximum absolute atomic E-state index is 13.0. The molecule has 9 heteroatoms. The van der Waals surface area contributed by atoms with Gasteiger partial charge in [-0.3, -0.25) is 10.1 Å². The van der Waals surface area contributed by atoms with Crippen LogP contribution in [-0.4, -0.2) is 14.9 Å². The van der Waals surface area contributed by atoms with E-state index in [2.05, 4.69) is 15.3 Å². The van der Waals surface area contributed by atoms with E-state index in [0.29, 0.717) is 6.07 Å². The molecule has 0 bridgehead atoms. The van der Waals surface area contributed by atoms with E-state index in [0.717, 1.165) is 18.5 Å². The van der Waals surface area contributed by atoms with E-state index in [4.69, 9.17) is 5.73 Å². The van der Waals surface area contributed by atoms with Crippen molar-refractivity contribution in [2.75, 3.05) is 11.1 Å². The predicted octanol–water partition coefficient (Wildman–Crippen LogP) is 1.99. The topological polar surface area (TPSA) is 107 Å². The summed E-state index contributed by atoms with van der Waals surface area (Å²) in [6, 6.07) is 2.60. The zero-order valence-electron chi connectivity index (χ0n) is 9.30. The summed E-state index contributed by atoms with van der Waals surface area (Å²) in [5.74, 6) is -2.25. The first-order valence-corrected chi connectivity index (χ1v) is 4.95. The molecule has 0 saturated carbocycles. The minimum Gasteiger partial charge on any atom is -0.378 e. The third kappa shape index (κ3) is 2.70. The summed E-state index contributed by atoms with van der Waals surface area (Å²) in [5.41, 5.74) is 4.76. The number of nitrogens with two attached hydrogens (primary N) is 1. The second-order valence-corrected chi connectivity index (χ2v) is 3.50. The SMILES string of the molecule is Nc1ncnc(Nc2cc(F)cc(F)c2)c1[N+](=O)[O-]. The first-order valence-electron chi connectivity index (χ1n) is 4.95. The number of nitrogens with zero attached hydrogens (tertiary/aromatic N) is 3. The van der Waals surface area contributed by atoms with Gasteiger partial charge in [-0.15, -0.1) is 0 Å². The molecule has 19 heavy (non-hydrogen) atoms. The van der Waals surface area contributed by atoms with Crippen molar-refractivity contribution in [2.45, 2.75) is 0 Å². The lowest BCUT2D eigenvalue weighted by Crippen LogP contribution is -2.05. The van der Waals surface area contributed by atoms with E-state index in [1.54, 1.807) is 0 Å². The van der Waals surface area contributed by atoms with Gasteiger partial charge < -0.3 is 11.1 Å². The molecule has 0 unspecified atom stereocenters. The highest BCUT2D eigenvalue weighted by atomic mass is 19.1. The lowest BCUT2D eigenvalue weighted by molar-refractivity contribution is -0.383. The molecule has 1 aromatic heterocycles. The summed E-state index contributed by atoms with van der Waals surface area (Å²) in [7, 11) is 0. The van der Waals surface area contributed by atoms with Gasteiger partial charge in [-0.25, -0.2) is 18.7 Å². The van der Waals surface area contributed by atoms with Crippen LogP contribution in [0.3, 0.4) is 0 Å². The van der Waals surface area contributed by atoms with Crippen LogP contribution in [0.2, 0.25) is 0 Å². The highest BCUT2D eigenvalue weighted by Crippen LogP contribution is 2.29. The molecule has 0 aliphatic rings. The number of anilines is 3. The Kier molecular flexibility index (Phi) is 3.19. The molecule has 0 aliphatic carbocycles. The van der Waals surface area contributed by atoms with Gasteiger partial charge in [0.1, 0.15) is 18.0 Å². The Bertz CT molecular complexity index is 630. The van der Waals surface area contributed by atoms with Crippen LogP contribution in [0.5, 0.6) is 0 Å². The highest BCUT2D eigenvalue weighted by molar-refractivity contribution is 5.72. The number of benzene rings is 1. The Balaban J connectivity index is 2.43. The lowest BCUT2D eigenvalue weighted by Gasteiger charge is -2.07. The van der Waals surface area contributed by atoms with Gasteiger partial charge in [-0.1, -0.05) is 0 Å². The molecular weight excluding hydrogens is 260 g/mol. The van der Waals surface area contributed by atoms with Gasteiger partial charge in [0, 0.05) is 11.8 Å². The van der Waals surface area contributed by atoms with Gasteiger partial charge in [-0.2, -0.15) is 0 Å². The van der Waals surface area contributed by atoms with Crippen molar-refractivity contribution in [3.8, 4) is 0 Å². The number of aromatic nitrogens is 2. The summed E-state index contributed by atoms with van der Waals surface area (Å²) < 4.78 is 26.0. The van der Waals surface area contributed by atoms with Gasteiger partial charge in [0.25, 0.3) is 0 Å². The Morgan fingerprint density at radius 3 is 2.42 bits per heavy atom. The van der Waals surface area contributed by atoms with E-state index >= 15 is 0 Å². The molecule has 1 aromatic carbocycles. The third-order valence-electron chi connectivity index (χ3n) is 2.16. The Labute approximate surface area is 105 Å². The van der Waals surface area contributed by atoms with Crippen LogP contribution in [0.25, 0.3) is 0 Å². The molecule has 0 fully saturated rings. The van der Waals surface area contributed by atoms with Crippen molar-refractivity contribution in [3.63, 3.8) is 0 Å². The Hall–Kier alpha value is -2.84. The maximum atomic E-state index is 13.0. The Morgan fingerprint density at radius 2 is 1.84 bits per heavy atom. The molecule has 98 valence electrons. The van der Waals surface area contributed by atoms with Crippen LogP contribution in [0, 0.1) is 21.7 Å². The molecule has 0 saturated heterocycles. The second kappa shape index (κ2) is 4.80. The summed E-state index contributed by atoms with van der Waals surface area (Å²) in [5, 5.41) is 13.2. The van der Waals surface area contributed by atoms with E-state index in [9.17, 15) is 18.9 Å². The molecule has 3 N–H and O–H groups in total. The van der Waals surface area contributed by atoms with E-state index in [1.807, 2.05) is 0 Å². The number of hydrogen-bond donors (Lipinski definition) is 2. The number of nitrogens with one attached hydrogen (secondary N) is 1. The third-order valence-corrected chi connectivity index (χ3v) is 2.16. The van der Waals surface area contributed by atoms with Crippen LogP contribution < -0.4 is 11.1 Å². The zero-order chi connectivity index (χ0) is 14.0. The molecule has 0 radical (unpaired) electrons. The summed E-state index contributed by atoms with van der Waals surface area (Å²) >= 11 is 0. The summed E-state index contributed by atoms with van der Waals surface area (Å²) in [4.78, 5) is 17.1. The van der Waals surface area contributed by atoms with Crippen molar-refractivity contribution >= 4 is 23.0 Å². The Morgan fingerprint density at radius 1 is 1.21 bits per heavy atom. The largest absolute Gasteiger partial charge is 0.378 e. The second-order valence-electron chi connectivity index (χ2n) is 3.50. The maximum Gasteiger partial charge on any atom is 0.353 e. The molecule has 2 aromatic rings. The summed E-state index contributed by atoms with van der Waals surface area (Å²) in [6.45, 7) is 0. The van der Waals surface area contributed by atoms with Crippen LogP contribution in [0.15, 0.2) is 24.5 Å². The average molecular weight is 267 g/mol. The molecule has 1 heterocycles. The fraction of sp³-hybridized carbons (Fsp3) is 0. The van der Waals surface area contributed by atoms with Crippen LogP contribution in [0.4, 0.5) is 31.8 Å². The fourth-order valence-corrected chi connectivity index (χ4v) is 1.43. The molecule has 0 atom stereocenters. The standard InChI is InChI=1S/C10H7F2N5O2/c11-5-1-6(12)3-7(2-5)16-10-8(17(18)19)9(13)14-4-15-10/h1-4H,(H3,13,14,15,16). The zero-order valence-corrected chi connectivity index (χ0v) is 9.30. The molecule has 0 amide bonds. The monoisotopic (exact) mass is 267 g/mol. The first-order chi connectivity index (χ1) is 8.97. The predicted molar refractivity (Wildman–Crippen MR) is 62.7 cm³/mol. The smallest absolute Gasteiger partial charge is 0.353 e. The average Bonchev–Trinajstić information content (AvgIpc) is 2.26. The molecule has 2 rings (SSSR count). The van der Waals surface area contributed by atoms with E-state index in [-0.39, 0.29) is 17.3 Å². The van der Waals surface area contributed by atoms with Gasteiger partial charge >= 0.3 is 5.69 Å². The molecule has 0 aliphatic heterocycles.